The van der Waals surface area contributed by atoms with Crippen molar-refractivity contribution in [3.63, 3.8) is 0 Å². The first kappa shape index (κ1) is 17.2. The van der Waals surface area contributed by atoms with Gasteiger partial charge in [0.25, 0.3) is 5.91 Å². The molecule has 0 aliphatic rings. The van der Waals surface area contributed by atoms with Crippen LogP contribution in [0.2, 0.25) is 5.15 Å². The van der Waals surface area contributed by atoms with Gasteiger partial charge in [0, 0.05) is 11.9 Å². The summed E-state index contributed by atoms with van der Waals surface area (Å²) in [5.74, 6) is 0.0877. The van der Waals surface area contributed by atoms with Crippen LogP contribution in [-0.2, 0) is 0 Å². The molecule has 0 atom stereocenters. The van der Waals surface area contributed by atoms with E-state index in [1.54, 1.807) is 18.2 Å². The lowest BCUT2D eigenvalue weighted by molar-refractivity contribution is 0.0953. The van der Waals surface area contributed by atoms with Gasteiger partial charge in [-0.1, -0.05) is 29.8 Å². The van der Waals surface area contributed by atoms with Crippen LogP contribution in [0.25, 0.3) is 10.9 Å². The molecule has 1 amide bonds. The third-order valence-corrected chi connectivity index (χ3v) is 3.81. The van der Waals surface area contributed by atoms with Gasteiger partial charge in [0.1, 0.15) is 16.7 Å². The molecule has 1 N–H and O–H groups in total. The third-order valence-electron chi connectivity index (χ3n) is 3.62. The van der Waals surface area contributed by atoms with Crippen LogP contribution in [0.15, 0.2) is 54.6 Å². The highest BCUT2D eigenvalue weighted by Crippen LogP contribution is 2.20. The average Bonchev–Trinajstić information content (AvgIpc) is 2.62. The first-order valence-electron chi connectivity index (χ1n) is 7.85. The number of nitrogens with one attached hydrogen (secondary N) is 1. The first-order valence-corrected chi connectivity index (χ1v) is 8.23. The number of carbonyl (C=O) groups is 1. The van der Waals surface area contributed by atoms with Gasteiger partial charge in [-0.25, -0.2) is 9.37 Å². The molecule has 1 heterocycles. The predicted molar refractivity (Wildman–Crippen MR) is 95.6 cm³/mol. The van der Waals surface area contributed by atoms with Crippen molar-refractivity contribution in [3.8, 4) is 5.75 Å². The van der Waals surface area contributed by atoms with Crippen molar-refractivity contribution in [2.75, 3.05) is 13.2 Å². The molecule has 3 aromatic rings. The second-order valence-electron chi connectivity index (χ2n) is 5.42. The van der Waals surface area contributed by atoms with E-state index in [2.05, 4.69) is 10.3 Å². The normalized spacial score (nSPS) is 10.6. The topological polar surface area (TPSA) is 51.2 Å². The number of fused-ring (bicyclic) bond motifs is 1. The summed E-state index contributed by atoms with van der Waals surface area (Å²) in [5.41, 5.74) is 1.18. The average molecular weight is 359 g/mol. The van der Waals surface area contributed by atoms with Crippen molar-refractivity contribution in [3.05, 3.63) is 71.1 Å². The van der Waals surface area contributed by atoms with E-state index in [0.29, 0.717) is 36.4 Å². The summed E-state index contributed by atoms with van der Waals surface area (Å²) in [6.07, 6.45) is 0.625. The van der Waals surface area contributed by atoms with Gasteiger partial charge in [0.05, 0.1) is 17.7 Å². The number of ether oxygens (including phenoxy) is 1. The quantitative estimate of drug-likeness (QED) is 0.530. The third kappa shape index (κ3) is 4.45. The molecule has 25 heavy (non-hydrogen) atoms. The molecule has 0 radical (unpaired) electrons. The van der Waals surface area contributed by atoms with E-state index in [1.165, 1.54) is 12.1 Å². The van der Waals surface area contributed by atoms with Gasteiger partial charge in [-0.2, -0.15) is 0 Å². The zero-order valence-electron chi connectivity index (χ0n) is 13.3. The smallest absolute Gasteiger partial charge is 0.252 e. The Kier molecular flexibility index (Phi) is 5.46. The molecule has 1 aromatic heterocycles. The van der Waals surface area contributed by atoms with Crippen LogP contribution in [0, 0.1) is 5.82 Å². The summed E-state index contributed by atoms with van der Waals surface area (Å²) < 4.78 is 18.3. The van der Waals surface area contributed by atoms with E-state index < -0.39 is 0 Å². The number of pyridine rings is 1. The lowest BCUT2D eigenvalue weighted by atomic mass is 10.1. The fourth-order valence-electron chi connectivity index (χ4n) is 2.42. The summed E-state index contributed by atoms with van der Waals surface area (Å²) >= 11 is 5.99. The second kappa shape index (κ2) is 7.94. The van der Waals surface area contributed by atoms with E-state index in [4.69, 9.17) is 16.3 Å². The Bertz CT molecular complexity index is 884. The van der Waals surface area contributed by atoms with Crippen LogP contribution in [0.4, 0.5) is 4.39 Å². The van der Waals surface area contributed by atoms with E-state index >= 15 is 0 Å². The van der Waals surface area contributed by atoms with Crippen LogP contribution in [0.3, 0.4) is 0 Å². The fourth-order valence-corrected chi connectivity index (χ4v) is 2.62. The van der Waals surface area contributed by atoms with E-state index in [0.717, 1.165) is 5.39 Å². The number of benzene rings is 2. The molecule has 2 aromatic carbocycles. The van der Waals surface area contributed by atoms with Gasteiger partial charge in [-0.05, 0) is 42.8 Å². The van der Waals surface area contributed by atoms with E-state index in [1.807, 2.05) is 24.3 Å². The second-order valence-corrected chi connectivity index (χ2v) is 5.81. The van der Waals surface area contributed by atoms with Crippen molar-refractivity contribution in [1.29, 1.82) is 0 Å². The molecule has 0 saturated carbocycles. The van der Waals surface area contributed by atoms with Crippen LogP contribution in [-0.4, -0.2) is 24.0 Å². The molecular weight excluding hydrogens is 343 g/mol. The minimum Gasteiger partial charge on any atom is -0.494 e. The van der Waals surface area contributed by atoms with Crippen molar-refractivity contribution in [1.82, 2.24) is 10.3 Å². The molecule has 6 heteroatoms. The number of halogens is 2. The molecule has 0 aliphatic heterocycles. The Labute approximate surface area is 149 Å². The number of hydrogen-bond acceptors (Lipinski definition) is 3. The number of rotatable bonds is 6. The van der Waals surface area contributed by atoms with Gasteiger partial charge in [-0.3, -0.25) is 4.79 Å². The lowest BCUT2D eigenvalue weighted by Crippen LogP contribution is -2.25. The zero-order valence-corrected chi connectivity index (χ0v) is 14.1. The molecular formula is C19H16ClFN2O2. The number of hydrogen-bond donors (Lipinski definition) is 1. The Balaban J connectivity index is 1.54. The van der Waals surface area contributed by atoms with Gasteiger partial charge >= 0.3 is 0 Å². The minimum atomic E-state index is -0.303. The maximum Gasteiger partial charge on any atom is 0.252 e. The van der Waals surface area contributed by atoms with Gasteiger partial charge in [0.2, 0.25) is 0 Å². The van der Waals surface area contributed by atoms with Crippen LogP contribution in [0.5, 0.6) is 5.75 Å². The number of aromatic nitrogens is 1. The maximum atomic E-state index is 12.8. The largest absolute Gasteiger partial charge is 0.494 e. The summed E-state index contributed by atoms with van der Waals surface area (Å²) in [4.78, 5) is 16.6. The van der Waals surface area contributed by atoms with Gasteiger partial charge < -0.3 is 10.1 Å². The maximum absolute atomic E-state index is 12.8. The Morgan fingerprint density at radius 2 is 1.92 bits per heavy atom. The van der Waals surface area contributed by atoms with E-state index in [9.17, 15) is 9.18 Å². The van der Waals surface area contributed by atoms with Crippen LogP contribution >= 0.6 is 11.6 Å². The van der Waals surface area contributed by atoms with Crippen molar-refractivity contribution >= 4 is 28.4 Å². The molecule has 3 rings (SSSR count). The van der Waals surface area contributed by atoms with E-state index in [-0.39, 0.29) is 16.9 Å². The Morgan fingerprint density at radius 1 is 1.16 bits per heavy atom. The predicted octanol–water partition coefficient (Wildman–Crippen LogP) is 4.23. The van der Waals surface area contributed by atoms with Crippen molar-refractivity contribution in [2.45, 2.75) is 6.42 Å². The summed E-state index contributed by atoms with van der Waals surface area (Å²) in [7, 11) is 0. The highest BCUT2D eigenvalue weighted by Gasteiger charge is 2.11. The van der Waals surface area contributed by atoms with Crippen LogP contribution in [0.1, 0.15) is 16.8 Å². The highest BCUT2D eigenvalue weighted by atomic mass is 35.5. The number of nitrogens with zero attached hydrogens (tertiary/aromatic N) is 1. The lowest BCUT2D eigenvalue weighted by Gasteiger charge is -2.09. The molecule has 4 nitrogen and oxygen atoms in total. The molecule has 0 fully saturated rings. The summed E-state index contributed by atoms with van der Waals surface area (Å²) in [6, 6.07) is 14.7. The van der Waals surface area contributed by atoms with Crippen LogP contribution < -0.4 is 10.1 Å². The molecule has 0 bridgehead atoms. The molecule has 0 saturated heterocycles. The van der Waals surface area contributed by atoms with Gasteiger partial charge in [0.15, 0.2) is 0 Å². The Morgan fingerprint density at radius 3 is 2.72 bits per heavy atom. The van der Waals surface area contributed by atoms with Gasteiger partial charge in [-0.15, -0.1) is 0 Å². The standard InChI is InChI=1S/C19H16ClFN2O2/c20-18-12-16(15-4-1-2-5-17(15)23-18)19(24)22-10-3-11-25-14-8-6-13(21)7-9-14/h1-2,4-9,12H,3,10-11H2,(H,22,24). The molecule has 0 spiro atoms. The Hall–Kier alpha value is -2.66. The fraction of sp³-hybridized carbons (Fsp3) is 0.158. The molecule has 0 aliphatic carbocycles. The SMILES string of the molecule is O=C(NCCCOc1ccc(F)cc1)c1cc(Cl)nc2ccccc12. The van der Waals surface area contributed by atoms with Crippen molar-refractivity contribution < 1.29 is 13.9 Å². The summed E-state index contributed by atoms with van der Waals surface area (Å²) in [6.45, 7) is 0.873. The molecule has 0 unspecified atom stereocenters. The number of carbonyl (C=O) groups excluding carboxylic acids is 1. The van der Waals surface area contributed by atoms with Crippen molar-refractivity contribution in [2.24, 2.45) is 0 Å². The first-order chi connectivity index (χ1) is 12.1. The highest BCUT2D eigenvalue weighted by molar-refractivity contribution is 6.30. The molecule has 128 valence electrons. The monoisotopic (exact) mass is 358 g/mol. The number of amides is 1. The minimum absolute atomic E-state index is 0.206. The zero-order chi connectivity index (χ0) is 17.6. The number of para-hydroxylation sites is 1. The summed E-state index contributed by atoms with van der Waals surface area (Å²) in [5, 5.41) is 3.89.